The van der Waals surface area contributed by atoms with Gasteiger partial charge in [-0.2, -0.15) is 5.10 Å². The summed E-state index contributed by atoms with van der Waals surface area (Å²) in [5.74, 6) is 2.98. The molecule has 29 heavy (non-hydrogen) atoms. The summed E-state index contributed by atoms with van der Waals surface area (Å²) >= 11 is 0. The number of rotatable bonds is 7. The third kappa shape index (κ3) is 4.20. The van der Waals surface area contributed by atoms with E-state index in [9.17, 15) is 0 Å². The molecule has 0 aliphatic heterocycles. The van der Waals surface area contributed by atoms with Crippen LogP contribution in [0.3, 0.4) is 0 Å². The van der Waals surface area contributed by atoms with Crippen LogP contribution in [-0.4, -0.2) is 47.4 Å². The monoisotopic (exact) mass is 387 g/mol. The molecule has 7 nitrogen and oxygen atoms in total. The number of nitrogens with one attached hydrogen (secondary N) is 3. The van der Waals surface area contributed by atoms with E-state index in [2.05, 4.69) is 50.0 Å². The van der Waals surface area contributed by atoms with Gasteiger partial charge < -0.3 is 15.5 Å². The summed E-state index contributed by atoms with van der Waals surface area (Å²) in [4.78, 5) is 11.8. The van der Waals surface area contributed by atoms with E-state index in [-0.39, 0.29) is 0 Å². The Balaban J connectivity index is 1.80. The quantitative estimate of drug-likeness (QED) is 0.448. The Labute approximate surface area is 170 Å². The highest BCUT2D eigenvalue weighted by Gasteiger charge is 2.13. The maximum absolute atomic E-state index is 4.87. The Kier molecular flexibility index (Phi) is 5.39. The van der Waals surface area contributed by atoms with Gasteiger partial charge in [-0.15, -0.1) is 0 Å². The lowest BCUT2D eigenvalue weighted by Gasteiger charge is -2.20. The molecule has 0 fully saturated rings. The number of fused-ring (bicyclic) bond motifs is 1. The molecule has 148 valence electrons. The fraction of sp³-hybridized carbons (Fsp3) is 0.227. The lowest BCUT2D eigenvalue weighted by atomic mass is 10.0. The first-order valence-corrected chi connectivity index (χ1v) is 9.66. The van der Waals surface area contributed by atoms with Gasteiger partial charge in [0.05, 0.1) is 0 Å². The lowest BCUT2D eigenvalue weighted by molar-refractivity contribution is 0.761. The number of H-pyrrole nitrogens is 1. The van der Waals surface area contributed by atoms with Crippen molar-refractivity contribution in [2.24, 2.45) is 0 Å². The van der Waals surface area contributed by atoms with Gasteiger partial charge in [-0.05, 0) is 24.7 Å². The zero-order valence-corrected chi connectivity index (χ0v) is 16.9. The minimum absolute atomic E-state index is 0.686. The molecular formula is C22H25N7. The van der Waals surface area contributed by atoms with Gasteiger partial charge in [0.25, 0.3) is 0 Å². The third-order valence-corrected chi connectivity index (χ3v) is 4.79. The predicted molar refractivity (Wildman–Crippen MR) is 119 cm³/mol. The van der Waals surface area contributed by atoms with Crippen molar-refractivity contribution in [3.63, 3.8) is 0 Å². The van der Waals surface area contributed by atoms with E-state index in [1.54, 1.807) is 0 Å². The van der Waals surface area contributed by atoms with Gasteiger partial charge in [0.2, 0.25) is 0 Å². The summed E-state index contributed by atoms with van der Waals surface area (Å²) in [6.45, 7) is 3.67. The molecule has 0 saturated carbocycles. The fourth-order valence-corrected chi connectivity index (χ4v) is 3.24. The van der Waals surface area contributed by atoms with Crippen molar-refractivity contribution in [3.8, 4) is 11.4 Å². The van der Waals surface area contributed by atoms with Gasteiger partial charge in [-0.3, -0.25) is 5.10 Å². The second kappa shape index (κ2) is 8.28. The molecule has 0 aliphatic carbocycles. The molecule has 2 aromatic heterocycles. The molecular weight excluding hydrogens is 362 g/mol. The number of hydrogen-bond donors (Lipinski definition) is 3. The summed E-state index contributed by atoms with van der Waals surface area (Å²) in [5, 5.41) is 16.0. The number of anilines is 3. The Morgan fingerprint density at radius 2 is 1.83 bits per heavy atom. The Morgan fingerprint density at radius 1 is 1.00 bits per heavy atom. The highest BCUT2D eigenvalue weighted by Crippen LogP contribution is 2.29. The van der Waals surface area contributed by atoms with Gasteiger partial charge in [0.1, 0.15) is 11.6 Å². The van der Waals surface area contributed by atoms with E-state index in [0.717, 1.165) is 41.4 Å². The maximum atomic E-state index is 4.87. The van der Waals surface area contributed by atoms with Gasteiger partial charge in [0.15, 0.2) is 11.6 Å². The van der Waals surface area contributed by atoms with Crippen LogP contribution in [0.15, 0.2) is 54.6 Å². The van der Waals surface area contributed by atoms with Gasteiger partial charge >= 0.3 is 0 Å². The number of aryl methyl sites for hydroxylation is 1. The van der Waals surface area contributed by atoms with Crippen LogP contribution in [0.5, 0.6) is 0 Å². The third-order valence-electron chi connectivity index (χ3n) is 4.79. The highest BCUT2D eigenvalue weighted by atomic mass is 15.2. The van der Waals surface area contributed by atoms with E-state index in [4.69, 9.17) is 9.97 Å². The van der Waals surface area contributed by atoms with Crippen LogP contribution in [0.1, 0.15) is 5.69 Å². The molecule has 2 aromatic carbocycles. The predicted octanol–water partition coefficient (Wildman–Crippen LogP) is 3.73. The van der Waals surface area contributed by atoms with Crippen LogP contribution in [0.2, 0.25) is 0 Å². The molecule has 0 atom stereocenters. The molecule has 4 rings (SSSR count). The van der Waals surface area contributed by atoms with E-state index in [1.165, 1.54) is 5.39 Å². The topological polar surface area (TPSA) is 81.8 Å². The first-order valence-electron chi connectivity index (χ1n) is 9.66. The van der Waals surface area contributed by atoms with Crippen LogP contribution in [0.4, 0.5) is 17.5 Å². The summed E-state index contributed by atoms with van der Waals surface area (Å²) in [7, 11) is 3.98. The molecule has 0 bridgehead atoms. The molecule has 0 saturated heterocycles. The smallest absolute Gasteiger partial charge is 0.164 e. The summed E-state index contributed by atoms with van der Waals surface area (Å²) < 4.78 is 0. The van der Waals surface area contributed by atoms with Crippen LogP contribution < -0.4 is 15.5 Å². The molecule has 4 aromatic rings. The van der Waals surface area contributed by atoms with Crippen LogP contribution in [0, 0.1) is 6.92 Å². The van der Waals surface area contributed by atoms with Crippen molar-refractivity contribution in [1.82, 2.24) is 25.5 Å². The summed E-state index contributed by atoms with van der Waals surface area (Å²) in [6.07, 6.45) is 0. The van der Waals surface area contributed by atoms with E-state index >= 15 is 0 Å². The van der Waals surface area contributed by atoms with Crippen LogP contribution in [-0.2, 0) is 0 Å². The standard InChI is InChI=1S/C22H25N7/c1-15-13-20(28-27-15)24-19-14-21(29(3)12-11-23-2)26-22(25-19)18-10-6-8-16-7-4-5-9-17(16)18/h4-10,13-14,23H,11-12H2,1-3H3,(H2,24,25,26,27,28). The molecule has 2 heterocycles. The Bertz CT molecular complexity index is 1110. The van der Waals surface area contributed by atoms with E-state index in [1.807, 2.05) is 51.4 Å². The summed E-state index contributed by atoms with van der Waals surface area (Å²) in [6, 6.07) is 18.4. The molecule has 0 unspecified atom stereocenters. The SMILES string of the molecule is CNCCN(C)c1cc(Nc2cc(C)[nH]n2)nc(-c2cccc3ccccc23)n1. The average Bonchev–Trinajstić information content (AvgIpc) is 3.15. The second-order valence-electron chi connectivity index (χ2n) is 7.05. The number of likely N-dealkylation sites (N-methyl/N-ethyl adjacent to an activating group) is 2. The summed E-state index contributed by atoms with van der Waals surface area (Å²) in [5.41, 5.74) is 2.00. The van der Waals surface area contributed by atoms with E-state index in [0.29, 0.717) is 11.6 Å². The zero-order chi connectivity index (χ0) is 20.2. The van der Waals surface area contributed by atoms with Crippen molar-refractivity contribution in [3.05, 3.63) is 60.3 Å². The molecule has 7 heteroatoms. The zero-order valence-electron chi connectivity index (χ0n) is 16.9. The second-order valence-corrected chi connectivity index (χ2v) is 7.05. The van der Waals surface area contributed by atoms with Crippen LogP contribution in [0.25, 0.3) is 22.2 Å². The first-order chi connectivity index (χ1) is 14.1. The van der Waals surface area contributed by atoms with Crippen molar-refractivity contribution in [2.75, 3.05) is 37.4 Å². The molecule has 0 aliphatic rings. The van der Waals surface area contributed by atoms with E-state index < -0.39 is 0 Å². The Hall–Kier alpha value is -3.45. The van der Waals surface area contributed by atoms with Crippen LogP contribution >= 0.6 is 0 Å². The van der Waals surface area contributed by atoms with Crippen molar-refractivity contribution < 1.29 is 0 Å². The van der Waals surface area contributed by atoms with Gasteiger partial charge in [-0.1, -0.05) is 42.5 Å². The van der Waals surface area contributed by atoms with Crippen molar-refractivity contribution >= 4 is 28.2 Å². The number of benzene rings is 2. The lowest BCUT2D eigenvalue weighted by Crippen LogP contribution is -2.28. The first kappa shape index (κ1) is 18.9. The van der Waals surface area contributed by atoms with Gasteiger partial charge in [-0.25, -0.2) is 9.97 Å². The normalized spacial score (nSPS) is 11.0. The molecule has 0 amide bonds. The number of nitrogens with zero attached hydrogens (tertiary/aromatic N) is 4. The van der Waals surface area contributed by atoms with Gasteiger partial charge in [0, 0.05) is 43.5 Å². The maximum Gasteiger partial charge on any atom is 0.164 e. The highest BCUT2D eigenvalue weighted by molar-refractivity contribution is 5.95. The minimum atomic E-state index is 0.686. The Morgan fingerprint density at radius 3 is 2.62 bits per heavy atom. The van der Waals surface area contributed by atoms with Crippen molar-refractivity contribution in [2.45, 2.75) is 6.92 Å². The average molecular weight is 387 g/mol. The largest absolute Gasteiger partial charge is 0.358 e. The van der Waals surface area contributed by atoms with Crippen molar-refractivity contribution in [1.29, 1.82) is 0 Å². The number of aromatic amines is 1. The number of aromatic nitrogens is 4. The molecule has 0 radical (unpaired) electrons. The molecule has 0 spiro atoms. The molecule has 3 N–H and O–H groups in total. The number of hydrogen-bond acceptors (Lipinski definition) is 6. The fourth-order valence-electron chi connectivity index (χ4n) is 3.24. The minimum Gasteiger partial charge on any atom is -0.358 e.